The summed E-state index contributed by atoms with van der Waals surface area (Å²) >= 11 is 0. The van der Waals surface area contributed by atoms with Crippen molar-refractivity contribution in [1.29, 1.82) is 0 Å². The lowest BCUT2D eigenvalue weighted by atomic mass is 9.97. The molecule has 0 radical (unpaired) electrons. The molecular weight excluding hydrogens is 416 g/mol. The van der Waals surface area contributed by atoms with Crippen LogP contribution < -0.4 is 9.47 Å². The Morgan fingerprint density at radius 3 is 2.15 bits per heavy atom. The largest absolute Gasteiger partial charge is 0.468 e. The van der Waals surface area contributed by atoms with E-state index >= 15 is 0 Å². The van der Waals surface area contributed by atoms with Crippen LogP contribution in [-0.4, -0.2) is 32.1 Å². The normalized spacial score (nSPS) is 15.6. The molecule has 1 aliphatic heterocycles. The average Bonchev–Trinajstić information content (AvgIpc) is 3.68. The van der Waals surface area contributed by atoms with Crippen LogP contribution in [0, 0.1) is 5.92 Å². The molecule has 172 valence electrons. The number of hydrogen-bond donors (Lipinski definition) is 0. The lowest BCUT2D eigenvalue weighted by Crippen LogP contribution is -2.09. The Morgan fingerprint density at radius 1 is 0.939 bits per heavy atom. The van der Waals surface area contributed by atoms with Gasteiger partial charge in [0.15, 0.2) is 6.79 Å². The molecule has 5 nitrogen and oxygen atoms in total. The number of carbonyl (C=O) groups is 1. The van der Waals surface area contributed by atoms with Gasteiger partial charge in [-0.2, -0.15) is 0 Å². The Kier molecular flexibility index (Phi) is 7.76. The van der Waals surface area contributed by atoms with E-state index in [1.807, 2.05) is 24.3 Å². The number of rotatable bonds is 11. The van der Waals surface area contributed by atoms with E-state index in [2.05, 4.69) is 38.1 Å². The van der Waals surface area contributed by atoms with Crippen molar-refractivity contribution in [1.82, 2.24) is 0 Å². The van der Waals surface area contributed by atoms with E-state index in [0.717, 1.165) is 24.2 Å². The standard InChI is InChI=1S/C28H30O5/c1-3-20(2)16-21-4-6-22(7-5-21)23-8-14-26(15-9-23)33-28(29)24-10-12-25(13-11-24)32-19-30-17-27-18-31-27/h4-15,20,27H,3,16-19H2,1-2H3. The highest BCUT2D eigenvalue weighted by Gasteiger charge is 2.22. The molecule has 1 saturated heterocycles. The van der Waals surface area contributed by atoms with Crippen LogP contribution >= 0.6 is 0 Å². The van der Waals surface area contributed by atoms with E-state index in [9.17, 15) is 4.79 Å². The molecule has 3 aromatic carbocycles. The summed E-state index contributed by atoms with van der Waals surface area (Å²) in [6, 6.07) is 23.0. The first-order valence-electron chi connectivity index (χ1n) is 11.4. The van der Waals surface area contributed by atoms with Gasteiger partial charge in [-0.05, 0) is 65.4 Å². The second-order valence-electron chi connectivity index (χ2n) is 8.44. The predicted molar refractivity (Wildman–Crippen MR) is 128 cm³/mol. The third-order valence-electron chi connectivity index (χ3n) is 5.74. The summed E-state index contributed by atoms with van der Waals surface area (Å²) in [6.45, 7) is 5.94. The minimum atomic E-state index is -0.411. The van der Waals surface area contributed by atoms with Crippen LogP contribution in [0.4, 0.5) is 0 Å². The Labute approximate surface area is 195 Å². The highest BCUT2D eigenvalue weighted by molar-refractivity contribution is 5.91. The van der Waals surface area contributed by atoms with E-state index in [4.69, 9.17) is 18.9 Å². The lowest BCUT2D eigenvalue weighted by molar-refractivity contribution is 0.00821. The van der Waals surface area contributed by atoms with Crippen molar-refractivity contribution in [2.45, 2.75) is 32.8 Å². The fourth-order valence-electron chi connectivity index (χ4n) is 3.40. The highest BCUT2D eigenvalue weighted by atomic mass is 16.7. The van der Waals surface area contributed by atoms with Crippen molar-refractivity contribution >= 4 is 5.97 Å². The van der Waals surface area contributed by atoms with Crippen LogP contribution in [0.15, 0.2) is 72.8 Å². The van der Waals surface area contributed by atoms with E-state index in [1.54, 1.807) is 24.3 Å². The van der Waals surface area contributed by atoms with E-state index in [-0.39, 0.29) is 12.9 Å². The average molecular weight is 447 g/mol. The first-order valence-corrected chi connectivity index (χ1v) is 11.4. The summed E-state index contributed by atoms with van der Waals surface area (Å²) in [4.78, 5) is 12.5. The third kappa shape index (κ3) is 6.91. The van der Waals surface area contributed by atoms with Crippen molar-refractivity contribution in [3.8, 4) is 22.6 Å². The summed E-state index contributed by atoms with van der Waals surface area (Å²) in [5.41, 5.74) is 4.04. The predicted octanol–water partition coefficient (Wildman–Crippen LogP) is 5.91. The molecule has 1 heterocycles. The summed E-state index contributed by atoms with van der Waals surface area (Å²) in [5, 5.41) is 0. The molecule has 0 amide bonds. The van der Waals surface area contributed by atoms with Gasteiger partial charge in [-0.3, -0.25) is 0 Å². The molecule has 33 heavy (non-hydrogen) atoms. The van der Waals surface area contributed by atoms with Crippen LogP contribution in [0.5, 0.6) is 11.5 Å². The van der Waals surface area contributed by atoms with Crippen LogP contribution in [0.1, 0.15) is 36.2 Å². The quantitative estimate of drug-likeness (QED) is 0.120. The summed E-state index contributed by atoms with van der Waals surface area (Å²) in [7, 11) is 0. The van der Waals surface area contributed by atoms with Crippen LogP contribution in [0.2, 0.25) is 0 Å². The number of ether oxygens (including phenoxy) is 4. The molecule has 4 rings (SSSR count). The molecule has 1 fully saturated rings. The number of benzene rings is 3. The molecule has 0 aromatic heterocycles. The Balaban J connectivity index is 1.28. The molecule has 1 aliphatic rings. The van der Waals surface area contributed by atoms with Gasteiger partial charge in [-0.15, -0.1) is 0 Å². The minimum absolute atomic E-state index is 0.149. The monoisotopic (exact) mass is 446 g/mol. The van der Waals surface area contributed by atoms with Crippen molar-refractivity contribution in [3.63, 3.8) is 0 Å². The molecule has 0 spiro atoms. The summed E-state index contributed by atoms with van der Waals surface area (Å²) < 4.78 is 21.4. The lowest BCUT2D eigenvalue weighted by Gasteiger charge is -2.10. The zero-order valence-corrected chi connectivity index (χ0v) is 19.2. The summed E-state index contributed by atoms with van der Waals surface area (Å²) in [5.74, 6) is 1.41. The molecular formula is C28H30O5. The van der Waals surface area contributed by atoms with Gasteiger partial charge >= 0.3 is 5.97 Å². The second-order valence-corrected chi connectivity index (χ2v) is 8.44. The molecule has 3 aromatic rings. The van der Waals surface area contributed by atoms with Gasteiger partial charge in [-0.25, -0.2) is 4.79 Å². The third-order valence-corrected chi connectivity index (χ3v) is 5.74. The van der Waals surface area contributed by atoms with Gasteiger partial charge < -0.3 is 18.9 Å². The van der Waals surface area contributed by atoms with Crippen molar-refractivity contribution in [3.05, 3.63) is 83.9 Å². The SMILES string of the molecule is CCC(C)Cc1ccc(-c2ccc(OC(=O)c3ccc(OCOCC4CO4)cc3)cc2)cc1. The molecule has 0 saturated carbocycles. The zero-order chi connectivity index (χ0) is 23.0. The maximum atomic E-state index is 12.5. The molecule has 0 bridgehead atoms. The maximum Gasteiger partial charge on any atom is 0.343 e. The second kappa shape index (κ2) is 11.1. The molecule has 2 atom stereocenters. The van der Waals surface area contributed by atoms with E-state index < -0.39 is 5.97 Å². The fraction of sp³-hybridized carbons (Fsp3) is 0.321. The van der Waals surface area contributed by atoms with Gasteiger partial charge in [0.2, 0.25) is 0 Å². The van der Waals surface area contributed by atoms with Crippen LogP contribution in [0.3, 0.4) is 0 Å². The molecule has 2 unspecified atom stereocenters. The zero-order valence-electron chi connectivity index (χ0n) is 19.2. The van der Waals surface area contributed by atoms with Crippen molar-refractivity contribution < 1.29 is 23.7 Å². The summed E-state index contributed by atoms with van der Waals surface area (Å²) in [6.07, 6.45) is 2.49. The van der Waals surface area contributed by atoms with E-state index in [1.165, 1.54) is 12.0 Å². The van der Waals surface area contributed by atoms with Gasteiger partial charge in [-0.1, -0.05) is 56.7 Å². The number of esters is 1. The van der Waals surface area contributed by atoms with E-state index in [0.29, 0.717) is 29.6 Å². The number of epoxide rings is 1. The van der Waals surface area contributed by atoms with Gasteiger partial charge in [0.25, 0.3) is 0 Å². The Bertz CT molecular complexity index is 1020. The van der Waals surface area contributed by atoms with Gasteiger partial charge in [0, 0.05) is 0 Å². The molecule has 5 heteroatoms. The first kappa shape index (κ1) is 23.0. The maximum absolute atomic E-state index is 12.5. The van der Waals surface area contributed by atoms with Gasteiger partial charge in [0.1, 0.15) is 17.6 Å². The number of hydrogen-bond acceptors (Lipinski definition) is 5. The highest BCUT2D eigenvalue weighted by Crippen LogP contribution is 2.24. The Morgan fingerprint density at radius 2 is 1.55 bits per heavy atom. The Hall–Kier alpha value is -3.15. The smallest absolute Gasteiger partial charge is 0.343 e. The molecule has 0 N–H and O–H groups in total. The van der Waals surface area contributed by atoms with Crippen LogP contribution in [0.25, 0.3) is 11.1 Å². The number of carbonyl (C=O) groups excluding carboxylic acids is 1. The first-order chi connectivity index (χ1) is 16.1. The van der Waals surface area contributed by atoms with Crippen molar-refractivity contribution in [2.24, 2.45) is 5.92 Å². The van der Waals surface area contributed by atoms with Crippen LogP contribution in [-0.2, 0) is 15.9 Å². The molecule has 0 aliphatic carbocycles. The van der Waals surface area contributed by atoms with Crippen molar-refractivity contribution in [2.75, 3.05) is 20.0 Å². The topological polar surface area (TPSA) is 57.3 Å². The minimum Gasteiger partial charge on any atom is -0.468 e. The van der Waals surface area contributed by atoms with Gasteiger partial charge in [0.05, 0.1) is 18.8 Å². The fourth-order valence-corrected chi connectivity index (χ4v) is 3.40.